The van der Waals surface area contributed by atoms with Crippen molar-refractivity contribution in [2.45, 2.75) is 20.4 Å². The molecule has 6 heteroatoms. The van der Waals surface area contributed by atoms with E-state index >= 15 is 0 Å². The molecule has 1 aromatic carbocycles. The Morgan fingerprint density at radius 1 is 1.22 bits per heavy atom. The van der Waals surface area contributed by atoms with Crippen LogP contribution >= 0.6 is 0 Å². The van der Waals surface area contributed by atoms with Crippen LogP contribution in [0.1, 0.15) is 37.7 Å². The van der Waals surface area contributed by atoms with E-state index in [9.17, 15) is 9.59 Å². The quantitative estimate of drug-likeness (QED) is 0.811. The first-order chi connectivity index (χ1) is 10.8. The molecule has 2 rings (SSSR count). The zero-order chi connectivity index (χ0) is 17.1. The van der Waals surface area contributed by atoms with Gasteiger partial charge in [-0.2, -0.15) is 5.10 Å². The molecule has 0 N–H and O–H groups in total. The highest BCUT2D eigenvalue weighted by Gasteiger charge is 2.20. The SMILES string of the molecule is COC(=O)c1ccc(CN(C)C(=O)c2c(C)nn(C)c2C)cc1. The van der Waals surface area contributed by atoms with Crippen molar-refractivity contribution >= 4 is 11.9 Å². The molecule has 0 atom stereocenters. The molecule has 0 saturated carbocycles. The van der Waals surface area contributed by atoms with Crippen molar-refractivity contribution in [3.63, 3.8) is 0 Å². The van der Waals surface area contributed by atoms with Gasteiger partial charge in [-0.15, -0.1) is 0 Å². The Balaban J connectivity index is 2.13. The van der Waals surface area contributed by atoms with Gasteiger partial charge < -0.3 is 9.64 Å². The Hall–Kier alpha value is -2.63. The van der Waals surface area contributed by atoms with E-state index in [2.05, 4.69) is 9.84 Å². The fraction of sp³-hybridized carbons (Fsp3) is 0.353. The summed E-state index contributed by atoms with van der Waals surface area (Å²) < 4.78 is 6.38. The lowest BCUT2D eigenvalue weighted by atomic mass is 10.1. The van der Waals surface area contributed by atoms with Gasteiger partial charge in [-0.1, -0.05) is 12.1 Å². The number of ether oxygens (including phenoxy) is 1. The predicted molar refractivity (Wildman–Crippen MR) is 86.3 cm³/mol. The molecule has 0 bridgehead atoms. The first-order valence-electron chi connectivity index (χ1n) is 7.28. The van der Waals surface area contributed by atoms with Crippen LogP contribution in [-0.2, 0) is 18.3 Å². The van der Waals surface area contributed by atoms with Gasteiger partial charge in [-0.05, 0) is 31.5 Å². The molecule has 0 radical (unpaired) electrons. The number of carbonyl (C=O) groups is 2. The smallest absolute Gasteiger partial charge is 0.337 e. The standard InChI is InChI=1S/C17H21N3O3/c1-11-15(12(2)20(4)18-11)16(21)19(3)10-13-6-8-14(9-7-13)17(22)23-5/h6-9H,10H2,1-5H3. The van der Waals surface area contributed by atoms with Gasteiger partial charge in [0.15, 0.2) is 0 Å². The molecule has 0 aliphatic rings. The van der Waals surface area contributed by atoms with Gasteiger partial charge in [-0.3, -0.25) is 9.48 Å². The minimum Gasteiger partial charge on any atom is -0.465 e. The average Bonchev–Trinajstić information content (AvgIpc) is 2.79. The van der Waals surface area contributed by atoms with E-state index in [1.165, 1.54) is 7.11 Å². The van der Waals surface area contributed by atoms with Crippen molar-refractivity contribution in [3.05, 3.63) is 52.3 Å². The number of aryl methyl sites for hydroxylation is 2. The molecule has 1 heterocycles. The number of carbonyl (C=O) groups excluding carboxylic acids is 2. The van der Waals surface area contributed by atoms with E-state index < -0.39 is 0 Å². The summed E-state index contributed by atoms with van der Waals surface area (Å²) >= 11 is 0. The van der Waals surface area contributed by atoms with E-state index in [0.717, 1.165) is 17.0 Å². The third kappa shape index (κ3) is 3.41. The summed E-state index contributed by atoms with van der Waals surface area (Å²) in [6.45, 7) is 4.17. The maximum atomic E-state index is 12.6. The highest BCUT2D eigenvalue weighted by molar-refractivity contribution is 5.96. The van der Waals surface area contributed by atoms with Gasteiger partial charge in [-0.25, -0.2) is 4.79 Å². The molecule has 23 heavy (non-hydrogen) atoms. The number of hydrogen-bond donors (Lipinski definition) is 0. The second kappa shape index (κ2) is 6.64. The van der Waals surface area contributed by atoms with Gasteiger partial charge in [0.1, 0.15) is 0 Å². The van der Waals surface area contributed by atoms with E-state index in [4.69, 9.17) is 0 Å². The fourth-order valence-electron chi connectivity index (χ4n) is 2.48. The second-order valence-electron chi connectivity index (χ2n) is 5.52. The first kappa shape index (κ1) is 16.7. The zero-order valence-electron chi connectivity index (χ0n) is 14.1. The van der Waals surface area contributed by atoms with Crippen LogP contribution < -0.4 is 0 Å². The summed E-state index contributed by atoms with van der Waals surface area (Å²) in [5, 5.41) is 4.28. The molecule has 1 amide bonds. The number of nitrogens with zero attached hydrogens (tertiary/aromatic N) is 3. The monoisotopic (exact) mass is 315 g/mol. The number of esters is 1. The number of aromatic nitrogens is 2. The van der Waals surface area contributed by atoms with Gasteiger partial charge in [0.05, 0.1) is 23.9 Å². The molecule has 0 spiro atoms. The number of rotatable bonds is 4. The third-order valence-corrected chi connectivity index (χ3v) is 3.86. The molecule has 0 fully saturated rings. The molecule has 1 aromatic heterocycles. The molecule has 0 saturated heterocycles. The summed E-state index contributed by atoms with van der Waals surface area (Å²) in [5.74, 6) is -0.437. The number of hydrogen-bond acceptors (Lipinski definition) is 4. The maximum absolute atomic E-state index is 12.6. The van der Waals surface area contributed by atoms with E-state index in [-0.39, 0.29) is 11.9 Å². The lowest BCUT2D eigenvalue weighted by molar-refractivity contribution is 0.0600. The number of methoxy groups -OCH3 is 1. The molecular formula is C17H21N3O3. The summed E-state index contributed by atoms with van der Waals surface area (Å²) in [5.41, 5.74) is 3.64. The van der Waals surface area contributed by atoms with Crippen LogP contribution in [0, 0.1) is 13.8 Å². The number of benzene rings is 1. The predicted octanol–water partition coefficient (Wildman–Crippen LogP) is 2.10. The Kier molecular flexibility index (Phi) is 4.83. The van der Waals surface area contributed by atoms with Gasteiger partial charge in [0.25, 0.3) is 5.91 Å². The Bertz CT molecular complexity index is 732. The minimum absolute atomic E-state index is 0.0647. The largest absolute Gasteiger partial charge is 0.465 e. The highest BCUT2D eigenvalue weighted by Crippen LogP contribution is 2.16. The fourth-order valence-corrected chi connectivity index (χ4v) is 2.48. The normalized spacial score (nSPS) is 10.5. The molecule has 0 unspecified atom stereocenters. The van der Waals surface area contributed by atoms with E-state index in [1.54, 1.807) is 28.8 Å². The average molecular weight is 315 g/mol. The molecule has 2 aromatic rings. The summed E-state index contributed by atoms with van der Waals surface area (Å²) in [6, 6.07) is 7.03. The minimum atomic E-state index is -0.373. The van der Waals surface area contributed by atoms with E-state index in [1.807, 2.05) is 33.0 Å². The van der Waals surface area contributed by atoms with Crippen molar-refractivity contribution in [1.82, 2.24) is 14.7 Å². The van der Waals surface area contributed by atoms with Gasteiger partial charge in [0.2, 0.25) is 0 Å². The Morgan fingerprint density at radius 2 is 1.83 bits per heavy atom. The molecule has 6 nitrogen and oxygen atoms in total. The topological polar surface area (TPSA) is 64.4 Å². The molecule has 0 aliphatic carbocycles. The summed E-state index contributed by atoms with van der Waals surface area (Å²) in [7, 11) is 4.92. The maximum Gasteiger partial charge on any atom is 0.337 e. The van der Waals surface area contributed by atoms with Crippen molar-refractivity contribution in [3.8, 4) is 0 Å². The van der Waals surface area contributed by atoms with Crippen LogP contribution in [0.25, 0.3) is 0 Å². The Morgan fingerprint density at radius 3 is 2.30 bits per heavy atom. The van der Waals surface area contributed by atoms with Crippen LogP contribution in [-0.4, -0.2) is 40.7 Å². The lowest BCUT2D eigenvalue weighted by Crippen LogP contribution is -2.27. The molecule has 122 valence electrons. The molecule has 0 aliphatic heterocycles. The van der Waals surface area contributed by atoms with Crippen molar-refractivity contribution in [2.24, 2.45) is 7.05 Å². The summed E-state index contributed by atoms with van der Waals surface area (Å²) in [6.07, 6.45) is 0. The Labute approximate surface area is 135 Å². The first-order valence-corrected chi connectivity index (χ1v) is 7.28. The van der Waals surface area contributed by atoms with Crippen LogP contribution in [0.4, 0.5) is 0 Å². The summed E-state index contributed by atoms with van der Waals surface area (Å²) in [4.78, 5) is 25.7. The number of amides is 1. The van der Waals surface area contributed by atoms with Gasteiger partial charge >= 0.3 is 5.97 Å². The van der Waals surface area contributed by atoms with Crippen molar-refractivity contribution in [1.29, 1.82) is 0 Å². The zero-order valence-corrected chi connectivity index (χ0v) is 14.1. The van der Waals surface area contributed by atoms with Crippen LogP contribution in [0.3, 0.4) is 0 Å². The van der Waals surface area contributed by atoms with E-state index in [0.29, 0.717) is 17.7 Å². The second-order valence-corrected chi connectivity index (χ2v) is 5.52. The van der Waals surface area contributed by atoms with Crippen LogP contribution in [0.2, 0.25) is 0 Å². The van der Waals surface area contributed by atoms with Gasteiger partial charge in [0, 0.05) is 26.3 Å². The van der Waals surface area contributed by atoms with Crippen LogP contribution in [0.5, 0.6) is 0 Å². The lowest BCUT2D eigenvalue weighted by Gasteiger charge is -2.17. The third-order valence-electron chi connectivity index (χ3n) is 3.86. The van der Waals surface area contributed by atoms with Crippen molar-refractivity contribution in [2.75, 3.05) is 14.2 Å². The van der Waals surface area contributed by atoms with Crippen molar-refractivity contribution < 1.29 is 14.3 Å². The van der Waals surface area contributed by atoms with Crippen LogP contribution in [0.15, 0.2) is 24.3 Å². The highest BCUT2D eigenvalue weighted by atomic mass is 16.5. The molecular weight excluding hydrogens is 294 g/mol.